The second-order valence-electron chi connectivity index (χ2n) is 3.19. The van der Waals surface area contributed by atoms with Crippen molar-refractivity contribution in [1.82, 2.24) is 0 Å². The molecule has 0 aliphatic rings. The fourth-order valence-corrected chi connectivity index (χ4v) is 2.04. The van der Waals surface area contributed by atoms with Gasteiger partial charge >= 0.3 is 5.97 Å². The van der Waals surface area contributed by atoms with Crippen molar-refractivity contribution >= 4 is 21.7 Å². The van der Waals surface area contributed by atoms with Crippen molar-refractivity contribution in [2.24, 2.45) is 0 Å². The largest absolute Gasteiger partial charge is 0.481 e. The van der Waals surface area contributed by atoms with Crippen LogP contribution in [0.1, 0.15) is 6.42 Å². The second kappa shape index (κ2) is 5.09. The normalized spacial score (nSPS) is 11.2. The Morgan fingerprint density at radius 1 is 1.29 bits per heavy atom. The highest BCUT2D eigenvalue weighted by molar-refractivity contribution is 7.92. The third-order valence-corrected chi connectivity index (χ3v) is 3.07. The number of carboxylic acids is 1. The first-order valence-corrected chi connectivity index (χ1v) is 6.13. The average Bonchev–Trinajstić information content (AvgIpc) is 2.21. The summed E-state index contributed by atoms with van der Waals surface area (Å²) in [5.41, 5.74) is -0.158. The van der Waals surface area contributed by atoms with Gasteiger partial charge in [-0.15, -0.1) is 0 Å². The lowest BCUT2D eigenvalue weighted by molar-refractivity contribution is -0.136. The predicted octanol–water partition coefficient (Wildman–Crippen LogP) is 1.18. The molecular formula is C9H9F2NO4S. The molecule has 0 aromatic heterocycles. The highest BCUT2D eigenvalue weighted by Crippen LogP contribution is 2.14. The van der Waals surface area contributed by atoms with E-state index in [-0.39, 0.29) is 5.69 Å². The number of anilines is 1. The van der Waals surface area contributed by atoms with Gasteiger partial charge in [0.25, 0.3) is 0 Å². The highest BCUT2D eigenvalue weighted by atomic mass is 32.2. The lowest BCUT2D eigenvalue weighted by atomic mass is 10.3. The number of halogens is 2. The summed E-state index contributed by atoms with van der Waals surface area (Å²) in [5.74, 6) is -4.19. The Hall–Kier alpha value is -1.70. The summed E-state index contributed by atoms with van der Waals surface area (Å²) in [7, 11) is -3.88. The summed E-state index contributed by atoms with van der Waals surface area (Å²) >= 11 is 0. The topological polar surface area (TPSA) is 83.5 Å². The molecule has 0 saturated carbocycles. The van der Waals surface area contributed by atoms with E-state index in [0.717, 1.165) is 12.1 Å². The van der Waals surface area contributed by atoms with Crippen LogP contribution < -0.4 is 4.72 Å². The first-order valence-electron chi connectivity index (χ1n) is 4.47. The number of carboxylic acid groups (broad SMARTS) is 1. The molecule has 0 saturated heterocycles. The van der Waals surface area contributed by atoms with Gasteiger partial charge in [0.15, 0.2) is 11.6 Å². The van der Waals surface area contributed by atoms with Gasteiger partial charge in [-0.25, -0.2) is 17.2 Å². The summed E-state index contributed by atoms with van der Waals surface area (Å²) in [5, 5.41) is 8.32. The molecule has 17 heavy (non-hydrogen) atoms. The Kier molecular flexibility index (Phi) is 4.00. The number of hydrogen-bond donors (Lipinski definition) is 2. The van der Waals surface area contributed by atoms with Crippen molar-refractivity contribution in [3.8, 4) is 0 Å². The lowest BCUT2D eigenvalue weighted by Gasteiger charge is -2.06. The maximum absolute atomic E-state index is 12.8. The maximum atomic E-state index is 12.8. The number of rotatable bonds is 5. The van der Waals surface area contributed by atoms with Crippen LogP contribution in [-0.4, -0.2) is 25.2 Å². The number of benzene rings is 1. The van der Waals surface area contributed by atoms with Gasteiger partial charge in [0.2, 0.25) is 10.0 Å². The van der Waals surface area contributed by atoms with Crippen molar-refractivity contribution in [3.63, 3.8) is 0 Å². The first kappa shape index (κ1) is 13.4. The Bertz CT molecular complexity index is 530. The number of aliphatic carboxylic acids is 1. The van der Waals surface area contributed by atoms with Crippen LogP contribution in [0.2, 0.25) is 0 Å². The van der Waals surface area contributed by atoms with E-state index in [4.69, 9.17) is 5.11 Å². The molecule has 0 amide bonds. The minimum atomic E-state index is -3.88. The van der Waals surface area contributed by atoms with Crippen LogP contribution >= 0.6 is 0 Å². The molecule has 1 rings (SSSR count). The van der Waals surface area contributed by atoms with Crippen molar-refractivity contribution in [2.45, 2.75) is 6.42 Å². The zero-order valence-corrected chi connectivity index (χ0v) is 9.30. The van der Waals surface area contributed by atoms with E-state index in [1.807, 2.05) is 4.72 Å². The van der Waals surface area contributed by atoms with Crippen LogP contribution in [0.3, 0.4) is 0 Å². The van der Waals surface area contributed by atoms with E-state index in [1.165, 1.54) is 0 Å². The van der Waals surface area contributed by atoms with Crippen molar-refractivity contribution in [2.75, 3.05) is 10.5 Å². The number of nitrogens with one attached hydrogen (secondary N) is 1. The molecule has 0 heterocycles. The van der Waals surface area contributed by atoms with Gasteiger partial charge in [-0.05, 0) is 12.1 Å². The van der Waals surface area contributed by atoms with Gasteiger partial charge in [-0.2, -0.15) is 0 Å². The monoisotopic (exact) mass is 265 g/mol. The predicted molar refractivity (Wildman–Crippen MR) is 56.0 cm³/mol. The van der Waals surface area contributed by atoms with E-state index < -0.39 is 39.8 Å². The van der Waals surface area contributed by atoms with Crippen molar-refractivity contribution in [1.29, 1.82) is 0 Å². The fourth-order valence-electron chi connectivity index (χ4n) is 1.01. The minimum absolute atomic E-state index is 0.158. The summed E-state index contributed by atoms with van der Waals surface area (Å²) in [6.45, 7) is 0. The molecule has 0 radical (unpaired) electrons. The Morgan fingerprint density at radius 3 is 2.47 bits per heavy atom. The highest BCUT2D eigenvalue weighted by Gasteiger charge is 2.13. The van der Waals surface area contributed by atoms with E-state index in [0.29, 0.717) is 6.07 Å². The van der Waals surface area contributed by atoms with Crippen LogP contribution in [0.15, 0.2) is 18.2 Å². The number of carbonyl (C=O) groups is 1. The molecule has 1 aromatic rings. The average molecular weight is 265 g/mol. The molecule has 0 bridgehead atoms. The van der Waals surface area contributed by atoms with Crippen molar-refractivity contribution < 1.29 is 27.1 Å². The number of sulfonamides is 1. The lowest BCUT2D eigenvalue weighted by Crippen LogP contribution is -2.19. The van der Waals surface area contributed by atoms with E-state index >= 15 is 0 Å². The molecule has 1 aromatic carbocycles. The van der Waals surface area contributed by atoms with Gasteiger partial charge in [0, 0.05) is 6.07 Å². The molecule has 0 aliphatic heterocycles. The van der Waals surface area contributed by atoms with Crippen LogP contribution in [0.25, 0.3) is 0 Å². The fraction of sp³-hybridized carbons (Fsp3) is 0.222. The van der Waals surface area contributed by atoms with Gasteiger partial charge in [-0.3, -0.25) is 9.52 Å². The Morgan fingerprint density at radius 2 is 1.94 bits per heavy atom. The summed E-state index contributed by atoms with van der Waals surface area (Å²) in [4.78, 5) is 10.2. The third-order valence-electron chi connectivity index (χ3n) is 1.78. The van der Waals surface area contributed by atoms with E-state index in [2.05, 4.69) is 0 Å². The van der Waals surface area contributed by atoms with Crippen LogP contribution in [0, 0.1) is 11.6 Å². The maximum Gasteiger partial charge on any atom is 0.304 e. The molecule has 8 heteroatoms. The first-order chi connectivity index (χ1) is 7.80. The summed E-state index contributed by atoms with van der Waals surface area (Å²) in [6, 6.07) is 2.48. The van der Waals surface area contributed by atoms with E-state index in [1.54, 1.807) is 0 Å². The molecule has 5 nitrogen and oxygen atoms in total. The molecular weight excluding hydrogens is 256 g/mol. The zero-order chi connectivity index (χ0) is 13.1. The summed E-state index contributed by atoms with van der Waals surface area (Å²) in [6.07, 6.45) is -0.570. The SMILES string of the molecule is O=C(O)CCS(=O)(=O)Nc1ccc(F)c(F)c1. The standard InChI is InChI=1S/C9H9F2NO4S/c10-7-2-1-6(5-8(7)11)12-17(15,16)4-3-9(13)14/h1-2,5,12H,3-4H2,(H,13,14). The Labute approximate surface area is 96.1 Å². The van der Waals surface area contributed by atoms with Gasteiger partial charge in [-0.1, -0.05) is 0 Å². The van der Waals surface area contributed by atoms with Gasteiger partial charge in [0.05, 0.1) is 17.9 Å². The Balaban J connectivity index is 2.76. The molecule has 0 spiro atoms. The molecule has 0 unspecified atom stereocenters. The number of hydrogen-bond acceptors (Lipinski definition) is 3. The van der Waals surface area contributed by atoms with Gasteiger partial charge in [0.1, 0.15) is 0 Å². The molecule has 2 N–H and O–H groups in total. The summed E-state index contributed by atoms with van der Waals surface area (Å²) < 4.78 is 49.9. The molecule has 94 valence electrons. The third kappa shape index (κ3) is 4.35. The van der Waals surface area contributed by atoms with Crippen LogP contribution in [0.4, 0.5) is 14.5 Å². The zero-order valence-electron chi connectivity index (χ0n) is 8.48. The van der Waals surface area contributed by atoms with Crippen LogP contribution in [-0.2, 0) is 14.8 Å². The molecule has 0 atom stereocenters. The minimum Gasteiger partial charge on any atom is -0.481 e. The van der Waals surface area contributed by atoms with E-state index in [9.17, 15) is 22.0 Å². The molecule has 0 fully saturated rings. The smallest absolute Gasteiger partial charge is 0.304 e. The van der Waals surface area contributed by atoms with Crippen LogP contribution in [0.5, 0.6) is 0 Å². The van der Waals surface area contributed by atoms with Gasteiger partial charge < -0.3 is 5.11 Å². The quantitative estimate of drug-likeness (QED) is 0.837. The molecule has 0 aliphatic carbocycles. The van der Waals surface area contributed by atoms with Crippen molar-refractivity contribution in [3.05, 3.63) is 29.8 Å². The second-order valence-corrected chi connectivity index (χ2v) is 5.04.